The topological polar surface area (TPSA) is 131 Å². The number of amides is 4. The molecule has 1 aliphatic heterocycles. The number of aryl methyl sites for hydroxylation is 1. The van der Waals surface area contributed by atoms with E-state index in [1.165, 1.54) is 4.90 Å². The van der Waals surface area contributed by atoms with Gasteiger partial charge in [-0.05, 0) is 52.2 Å². The number of ether oxygens (including phenoxy) is 2. The van der Waals surface area contributed by atoms with E-state index in [0.717, 1.165) is 40.2 Å². The normalized spacial score (nSPS) is 12.5. The number of anilines is 1. The fraction of sp³-hybridized carbons (Fsp3) is 0.500. The molecule has 3 aromatic rings. The van der Waals surface area contributed by atoms with E-state index in [-0.39, 0.29) is 43.5 Å². The van der Waals surface area contributed by atoms with Gasteiger partial charge in [-0.2, -0.15) is 0 Å². The Kier molecular flexibility index (Phi) is 11.9. The van der Waals surface area contributed by atoms with E-state index in [9.17, 15) is 14.4 Å². The molecule has 46 heavy (non-hydrogen) atoms. The van der Waals surface area contributed by atoms with Gasteiger partial charge in [0.1, 0.15) is 12.4 Å². The second-order valence-electron chi connectivity index (χ2n) is 12.3. The van der Waals surface area contributed by atoms with Gasteiger partial charge in [-0.25, -0.2) is 9.48 Å². The molecule has 1 aromatic heterocycles. The van der Waals surface area contributed by atoms with Crippen LogP contribution in [0.25, 0.3) is 22.5 Å². The summed E-state index contributed by atoms with van der Waals surface area (Å²) in [5.74, 6) is -0.355. The third kappa shape index (κ3) is 8.91. The number of carbonyl (C=O) groups excluding carboxylic acids is 3. The molecule has 4 amide bonds. The molecular weight excluding hydrogens is 586 g/mol. The maximum Gasteiger partial charge on any atom is 0.318 e. The van der Waals surface area contributed by atoms with Gasteiger partial charge in [0.2, 0.25) is 11.8 Å². The lowest BCUT2D eigenvalue weighted by molar-refractivity contribution is -0.125. The van der Waals surface area contributed by atoms with Gasteiger partial charge in [0.15, 0.2) is 0 Å². The Morgan fingerprint density at radius 3 is 2.50 bits per heavy atom. The Morgan fingerprint density at radius 1 is 1.04 bits per heavy atom. The van der Waals surface area contributed by atoms with Crippen molar-refractivity contribution in [3.05, 3.63) is 54.1 Å². The molecule has 4 rings (SSSR count). The van der Waals surface area contributed by atoms with Crippen LogP contribution in [0.5, 0.6) is 0 Å². The van der Waals surface area contributed by atoms with Gasteiger partial charge in [0, 0.05) is 57.8 Å². The van der Waals surface area contributed by atoms with Crippen LogP contribution < -0.4 is 15.5 Å². The molecule has 0 atom stereocenters. The number of hydrogen-bond donors (Lipinski definition) is 2. The number of urea groups is 1. The van der Waals surface area contributed by atoms with Crippen molar-refractivity contribution in [3.8, 4) is 22.5 Å². The Morgan fingerprint density at radius 2 is 1.76 bits per heavy atom. The molecule has 0 aliphatic carbocycles. The van der Waals surface area contributed by atoms with E-state index >= 15 is 0 Å². The molecule has 0 spiro atoms. The zero-order valence-electron chi connectivity index (χ0n) is 27.8. The minimum Gasteiger partial charge on any atom is -0.379 e. The number of fused-ring (bicyclic) bond motifs is 5. The molecule has 12 heteroatoms. The second kappa shape index (κ2) is 15.8. The van der Waals surface area contributed by atoms with Crippen molar-refractivity contribution in [2.45, 2.75) is 78.2 Å². The van der Waals surface area contributed by atoms with E-state index in [2.05, 4.69) is 20.9 Å². The van der Waals surface area contributed by atoms with Crippen LogP contribution in [0.15, 0.2) is 48.5 Å². The fourth-order valence-corrected chi connectivity index (χ4v) is 5.27. The lowest BCUT2D eigenvalue weighted by atomic mass is 9.95. The first kappa shape index (κ1) is 34.6. The first-order chi connectivity index (χ1) is 22.0. The van der Waals surface area contributed by atoms with E-state index in [1.807, 2.05) is 80.9 Å². The third-order valence-electron chi connectivity index (χ3n) is 7.88. The van der Waals surface area contributed by atoms with Crippen LogP contribution in [0.1, 0.15) is 58.9 Å². The van der Waals surface area contributed by atoms with Gasteiger partial charge >= 0.3 is 6.03 Å². The zero-order valence-corrected chi connectivity index (χ0v) is 27.8. The Labute approximate surface area is 271 Å². The number of carbonyl (C=O) groups is 3. The molecule has 0 radical (unpaired) electrons. The summed E-state index contributed by atoms with van der Waals surface area (Å²) < 4.78 is 13.5. The molecule has 248 valence electrons. The van der Waals surface area contributed by atoms with E-state index in [0.29, 0.717) is 32.7 Å². The van der Waals surface area contributed by atoms with Crippen LogP contribution in [0, 0.1) is 0 Å². The van der Waals surface area contributed by atoms with Crippen molar-refractivity contribution in [2.24, 2.45) is 0 Å². The summed E-state index contributed by atoms with van der Waals surface area (Å²) in [6.07, 6.45) is 1.57. The second-order valence-corrected chi connectivity index (χ2v) is 12.3. The minimum absolute atomic E-state index is 0.0516. The van der Waals surface area contributed by atoms with Gasteiger partial charge in [-0.3, -0.25) is 9.59 Å². The summed E-state index contributed by atoms with van der Waals surface area (Å²) >= 11 is 0. The van der Waals surface area contributed by atoms with Crippen LogP contribution in [-0.4, -0.2) is 83.4 Å². The van der Waals surface area contributed by atoms with E-state index in [1.54, 1.807) is 19.0 Å². The number of hydrogen-bond acceptors (Lipinski definition) is 7. The molecule has 2 heterocycles. The molecule has 0 saturated carbocycles. The average molecular weight is 634 g/mol. The summed E-state index contributed by atoms with van der Waals surface area (Å²) in [6, 6.07) is 15.5. The predicted octanol–water partition coefficient (Wildman–Crippen LogP) is 4.58. The van der Waals surface area contributed by atoms with Crippen molar-refractivity contribution in [1.82, 2.24) is 30.5 Å². The SMILES string of the molecule is CNC(=O)N(C)COC(C)(C)CCNC(=O)CCC(=O)N1Cc2ccccc2-c2nnn(CCCOC(C)C)c2-c2ccccc21. The fourth-order valence-electron chi connectivity index (χ4n) is 5.27. The summed E-state index contributed by atoms with van der Waals surface area (Å²) in [6.45, 7) is 9.92. The first-order valence-electron chi connectivity index (χ1n) is 15.9. The highest BCUT2D eigenvalue weighted by Crippen LogP contribution is 2.41. The minimum atomic E-state index is -0.561. The molecule has 2 aromatic carbocycles. The molecular formula is C34H47N7O5. The Bertz CT molecular complexity index is 1500. The standard InChI is InChI=1S/C34H47N7O5/c1-24(2)45-21-11-20-41-32-27-14-9-10-15-28(27)40(22-25-12-7-8-13-26(25)31(32)37-38-41)30(43)17-16-29(42)36-19-18-34(3,4)46-23-39(6)33(44)35-5/h7-10,12-15,24H,11,16-23H2,1-6H3,(H,35,44)(H,36,42). The highest BCUT2D eigenvalue weighted by atomic mass is 16.5. The summed E-state index contributed by atoms with van der Waals surface area (Å²) in [5.41, 5.74) is 4.58. The van der Waals surface area contributed by atoms with Crippen LogP contribution >= 0.6 is 0 Å². The number of rotatable bonds is 14. The summed E-state index contributed by atoms with van der Waals surface area (Å²) in [4.78, 5) is 41.5. The number of nitrogens with zero attached hydrogens (tertiary/aromatic N) is 5. The van der Waals surface area contributed by atoms with Gasteiger partial charge < -0.3 is 29.9 Å². The van der Waals surface area contributed by atoms with Crippen LogP contribution in [0.3, 0.4) is 0 Å². The van der Waals surface area contributed by atoms with Gasteiger partial charge in [-0.1, -0.05) is 47.7 Å². The van der Waals surface area contributed by atoms with Crippen molar-refractivity contribution in [1.29, 1.82) is 0 Å². The molecule has 0 bridgehead atoms. The maximum absolute atomic E-state index is 13.8. The largest absolute Gasteiger partial charge is 0.379 e. The molecule has 2 N–H and O–H groups in total. The average Bonchev–Trinajstić information content (AvgIpc) is 3.45. The molecule has 0 saturated heterocycles. The number of aromatic nitrogens is 3. The first-order valence-corrected chi connectivity index (χ1v) is 15.9. The number of para-hydroxylation sites is 1. The maximum atomic E-state index is 13.8. The third-order valence-corrected chi connectivity index (χ3v) is 7.88. The van der Waals surface area contributed by atoms with Gasteiger partial charge in [0.05, 0.1) is 29.6 Å². The monoisotopic (exact) mass is 633 g/mol. The highest BCUT2D eigenvalue weighted by Gasteiger charge is 2.29. The molecule has 0 unspecified atom stereocenters. The lowest BCUT2D eigenvalue weighted by Gasteiger charge is -2.29. The molecule has 1 aliphatic rings. The van der Waals surface area contributed by atoms with Crippen molar-refractivity contribution < 1.29 is 23.9 Å². The quantitative estimate of drug-likeness (QED) is 0.196. The summed E-state index contributed by atoms with van der Waals surface area (Å²) in [7, 11) is 3.21. The predicted molar refractivity (Wildman–Crippen MR) is 177 cm³/mol. The van der Waals surface area contributed by atoms with Gasteiger partial charge in [0.25, 0.3) is 0 Å². The zero-order chi connectivity index (χ0) is 33.3. The van der Waals surface area contributed by atoms with E-state index in [4.69, 9.17) is 9.47 Å². The van der Waals surface area contributed by atoms with Crippen molar-refractivity contribution in [3.63, 3.8) is 0 Å². The van der Waals surface area contributed by atoms with Crippen LogP contribution in [-0.2, 0) is 32.2 Å². The highest BCUT2D eigenvalue weighted by molar-refractivity contribution is 6.01. The molecule has 0 fully saturated rings. The number of nitrogens with one attached hydrogen (secondary N) is 2. The Hall–Kier alpha value is -4.29. The number of benzene rings is 2. The van der Waals surface area contributed by atoms with Crippen molar-refractivity contribution >= 4 is 23.5 Å². The van der Waals surface area contributed by atoms with Crippen molar-refractivity contribution in [2.75, 3.05) is 38.9 Å². The van der Waals surface area contributed by atoms with Crippen LogP contribution in [0.4, 0.5) is 10.5 Å². The van der Waals surface area contributed by atoms with E-state index < -0.39 is 5.60 Å². The molecule has 12 nitrogen and oxygen atoms in total. The lowest BCUT2D eigenvalue weighted by Crippen LogP contribution is -2.40. The Balaban J connectivity index is 1.45. The summed E-state index contributed by atoms with van der Waals surface area (Å²) in [5, 5.41) is 14.6. The van der Waals surface area contributed by atoms with Gasteiger partial charge in [-0.15, -0.1) is 5.10 Å². The van der Waals surface area contributed by atoms with Crippen LogP contribution in [0.2, 0.25) is 0 Å². The smallest absolute Gasteiger partial charge is 0.318 e.